The molecule has 2 N–H and O–H groups in total. The minimum Gasteiger partial charge on any atom is -0.383 e. The highest BCUT2D eigenvalue weighted by atomic mass is 32.3. The fraction of sp³-hybridized carbons (Fsp3) is 0.167. The Morgan fingerprint density at radius 2 is 2.17 bits per heavy atom. The van der Waals surface area contributed by atoms with Crippen LogP contribution in [0.25, 0.3) is 0 Å². The van der Waals surface area contributed by atoms with Crippen molar-refractivity contribution in [1.82, 2.24) is 4.98 Å². The van der Waals surface area contributed by atoms with Gasteiger partial charge in [-0.15, -0.1) is 3.89 Å². The topological polar surface area (TPSA) is 73.0 Å². The van der Waals surface area contributed by atoms with Crippen molar-refractivity contribution in [3.63, 3.8) is 0 Å². The summed E-state index contributed by atoms with van der Waals surface area (Å²) in [5.41, 5.74) is 5.74. The summed E-state index contributed by atoms with van der Waals surface area (Å²) in [6.45, 7) is 1.55. The summed E-state index contributed by atoms with van der Waals surface area (Å²) in [6, 6.07) is 1.14. The number of hydrogen-bond acceptors (Lipinski definition) is 4. The van der Waals surface area contributed by atoms with Gasteiger partial charge < -0.3 is 5.73 Å². The molecule has 0 spiro atoms. The third-order valence-electron chi connectivity index (χ3n) is 1.38. The van der Waals surface area contributed by atoms with E-state index in [1.165, 1.54) is 0 Å². The molecular weight excluding hydrogens is 183 g/mol. The number of nitrogen functional groups attached to an aromatic ring is 1. The van der Waals surface area contributed by atoms with Crippen molar-refractivity contribution >= 4 is 16.0 Å². The summed E-state index contributed by atoms with van der Waals surface area (Å²) < 4.78 is 33.0. The lowest BCUT2D eigenvalue weighted by Gasteiger charge is -1.99. The van der Waals surface area contributed by atoms with Gasteiger partial charge in [0.2, 0.25) is 0 Å². The minimum absolute atomic E-state index is 0.197. The molecule has 1 aromatic rings. The first-order chi connectivity index (χ1) is 5.41. The minimum atomic E-state index is -4.66. The quantitative estimate of drug-likeness (QED) is 0.659. The molecule has 66 valence electrons. The summed E-state index contributed by atoms with van der Waals surface area (Å²) in [4.78, 5) is 3.04. The molecule has 0 fully saturated rings. The third-order valence-corrected chi connectivity index (χ3v) is 2.16. The van der Waals surface area contributed by atoms with E-state index in [1.54, 1.807) is 6.92 Å². The number of halogens is 1. The molecule has 0 aliphatic heterocycles. The predicted molar refractivity (Wildman–Crippen MR) is 41.7 cm³/mol. The summed E-state index contributed by atoms with van der Waals surface area (Å²) in [6.07, 6.45) is 0.887. The van der Waals surface area contributed by atoms with Crippen LogP contribution < -0.4 is 5.73 Å². The van der Waals surface area contributed by atoms with Crippen LogP contribution in [0.4, 0.5) is 9.70 Å². The molecular formula is C6H7FN2O2S. The average Bonchev–Trinajstić information content (AvgIpc) is 1.92. The highest BCUT2D eigenvalue weighted by molar-refractivity contribution is 7.86. The first kappa shape index (κ1) is 8.92. The van der Waals surface area contributed by atoms with Crippen LogP contribution in [0, 0.1) is 6.92 Å². The Bertz CT molecular complexity index is 402. The number of aromatic nitrogens is 1. The first-order valence-corrected chi connectivity index (χ1v) is 4.46. The van der Waals surface area contributed by atoms with Crippen LogP contribution in [-0.4, -0.2) is 13.4 Å². The Labute approximate surface area is 69.4 Å². The van der Waals surface area contributed by atoms with Crippen molar-refractivity contribution in [3.8, 4) is 0 Å². The zero-order valence-corrected chi connectivity index (χ0v) is 7.10. The van der Waals surface area contributed by atoms with E-state index in [0.29, 0.717) is 5.56 Å². The van der Waals surface area contributed by atoms with Crippen LogP contribution >= 0.6 is 0 Å². The Morgan fingerprint density at radius 1 is 1.58 bits per heavy atom. The van der Waals surface area contributed by atoms with Gasteiger partial charge >= 0.3 is 10.2 Å². The fourth-order valence-electron chi connectivity index (χ4n) is 0.693. The maximum atomic E-state index is 12.3. The number of anilines is 1. The Kier molecular flexibility index (Phi) is 2.01. The van der Waals surface area contributed by atoms with Gasteiger partial charge in [0.05, 0.1) is 6.20 Å². The highest BCUT2D eigenvalue weighted by Crippen LogP contribution is 2.15. The number of pyridine rings is 1. The Morgan fingerprint density at radius 3 is 2.58 bits per heavy atom. The molecule has 12 heavy (non-hydrogen) atoms. The number of nitrogens with zero attached hydrogens (tertiary/aromatic N) is 1. The number of hydrogen-bond donors (Lipinski definition) is 1. The van der Waals surface area contributed by atoms with Crippen LogP contribution in [0.1, 0.15) is 5.56 Å². The molecule has 0 saturated heterocycles. The molecule has 6 heteroatoms. The highest BCUT2D eigenvalue weighted by Gasteiger charge is 2.12. The SMILES string of the molecule is Cc1cc(S(=O)(=O)F)cnc1N. The van der Waals surface area contributed by atoms with Crippen LogP contribution in [0.15, 0.2) is 17.2 Å². The van der Waals surface area contributed by atoms with Crippen LogP contribution in [0.3, 0.4) is 0 Å². The zero-order chi connectivity index (χ0) is 9.35. The molecule has 0 aliphatic rings. The molecule has 0 bridgehead atoms. The molecule has 0 aliphatic carbocycles. The van der Waals surface area contributed by atoms with Gasteiger partial charge in [0.25, 0.3) is 0 Å². The maximum Gasteiger partial charge on any atom is 0.333 e. The second-order valence-corrected chi connectivity index (χ2v) is 3.66. The van der Waals surface area contributed by atoms with Crippen molar-refractivity contribution in [2.24, 2.45) is 0 Å². The van der Waals surface area contributed by atoms with Crippen LogP contribution in [0.5, 0.6) is 0 Å². The van der Waals surface area contributed by atoms with E-state index in [9.17, 15) is 12.3 Å². The molecule has 0 aromatic carbocycles. The van der Waals surface area contributed by atoms with E-state index in [1.807, 2.05) is 0 Å². The van der Waals surface area contributed by atoms with Gasteiger partial charge in [0.1, 0.15) is 10.7 Å². The lowest BCUT2D eigenvalue weighted by molar-refractivity contribution is 0.551. The van der Waals surface area contributed by atoms with Crippen molar-refractivity contribution in [3.05, 3.63) is 17.8 Å². The average molecular weight is 190 g/mol. The molecule has 0 saturated carbocycles. The van der Waals surface area contributed by atoms with E-state index in [0.717, 1.165) is 12.3 Å². The van der Waals surface area contributed by atoms with Crippen molar-refractivity contribution in [2.45, 2.75) is 11.8 Å². The smallest absolute Gasteiger partial charge is 0.333 e. The van der Waals surface area contributed by atoms with Gasteiger partial charge in [-0.3, -0.25) is 0 Å². The van der Waals surface area contributed by atoms with Crippen LogP contribution in [-0.2, 0) is 10.2 Å². The largest absolute Gasteiger partial charge is 0.383 e. The maximum absolute atomic E-state index is 12.3. The van der Waals surface area contributed by atoms with Gasteiger partial charge in [0, 0.05) is 0 Å². The Balaban J connectivity index is 3.33. The Hall–Kier alpha value is -1.17. The van der Waals surface area contributed by atoms with Gasteiger partial charge in [-0.1, -0.05) is 0 Å². The normalized spacial score (nSPS) is 11.5. The summed E-state index contributed by atoms with van der Waals surface area (Å²) in [5.74, 6) is 0.197. The van der Waals surface area contributed by atoms with Crippen molar-refractivity contribution in [2.75, 3.05) is 5.73 Å². The van der Waals surface area contributed by atoms with E-state index in [2.05, 4.69) is 4.98 Å². The van der Waals surface area contributed by atoms with Crippen molar-refractivity contribution < 1.29 is 12.3 Å². The van der Waals surface area contributed by atoms with Crippen LogP contribution in [0.2, 0.25) is 0 Å². The lowest BCUT2D eigenvalue weighted by atomic mass is 10.3. The number of rotatable bonds is 1. The van der Waals surface area contributed by atoms with E-state index in [4.69, 9.17) is 5.73 Å². The zero-order valence-electron chi connectivity index (χ0n) is 6.28. The first-order valence-electron chi connectivity index (χ1n) is 3.08. The van der Waals surface area contributed by atoms with E-state index in [-0.39, 0.29) is 5.82 Å². The monoisotopic (exact) mass is 190 g/mol. The third kappa shape index (κ3) is 1.70. The summed E-state index contributed by atoms with van der Waals surface area (Å²) >= 11 is 0. The molecule has 4 nitrogen and oxygen atoms in total. The molecule has 0 radical (unpaired) electrons. The van der Waals surface area contributed by atoms with Crippen molar-refractivity contribution in [1.29, 1.82) is 0 Å². The standard InChI is InChI=1S/C6H7FN2O2S/c1-4-2-5(12(7,10)11)3-9-6(4)8/h2-3H,1H3,(H2,8,9). The second kappa shape index (κ2) is 2.71. The van der Waals surface area contributed by atoms with Gasteiger partial charge in [0.15, 0.2) is 0 Å². The summed E-state index contributed by atoms with van der Waals surface area (Å²) in [5, 5.41) is 0. The second-order valence-electron chi connectivity index (χ2n) is 2.31. The van der Waals surface area contributed by atoms with Gasteiger partial charge in [-0.2, -0.15) is 8.42 Å². The molecule has 0 atom stereocenters. The predicted octanol–water partition coefficient (Wildman–Crippen LogP) is 0.630. The van der Waals surface area contributed by atoms with E-state index < -0.39 is 15.1 Å². The molecule has 1 heterocycles. The summed E-state index contributed by atoms with van der Waals surface area (Å²) in [7, 11) is -4.66. The molecule has 1 aromatic heterocycles. The molecule has 0 amide bonds. The fourth-order valence-corrected chi connectivity index (χ4v) is 1.19. The lowest BCUT2D eigenvalue weighted by Crippen LogP contribution is -1.98. The van der Waals surface area contributed by atoms with Gasteiger partial charge in [-0.05, 0) is 18.6 Å². The van der Waals surface area contributed by atoms with E-state index >= 15 is 0 Å². The van der Waals surface area contributed by atoms with Gasteiger partial charge in [-0.25, -0.2) is 4.98 Å². The molecule has 0 unspecified atom stereocenters. The number of nitrogens with two attached hydrogens (primary N) is 1. The number of aryl methyl sites for hydroxylation is 1. The molecule has 1 rings (SSSR count).